The van der Waals surface area contributed by atoms with Crippen molar-refractivity contribution in [3.8, 4) is 0 Å². The fourth-order valence-corrected chi connectivity index (χ4v) is 2.93. The summed E-state index contributed by atoms with van der Waals surface area (Å²) in [7, 11) is 0. The van der Waals surface area contributed by atoms with Crippen molar-refractivity contribution < 1.29 is 4.79 Å². The highest BCUT2D eigenvalue weighted by molar-refractivity contribution is 5.84. The van der Waals surface area contributed by atoms with Gasteiger partial charge in [-0.25, -0.2) is 0 Å². The van der Waals surface area contributed by atoms with E-state index in [-0.39, 0.29) is 23.3 Å². The van der Waals surface area contributed by atoms with Crippen LogP contribution < -0.4 is 11.1 Å². The van der Waals surface area contributed by atoms with Crippen LogP contribution in [0.25, 0.3) is 0 Å². The maximum absolute atomic E-state index is 12.6. The molecule has 0 saturated heterocycles. The molecule has 2 atom stereocenters. The molecule has 2 unspecified atom stereocenters. The largest absolute Gasteiger partial charge is 0.351 e. The van der Waals surface area contributed by atoms with Crippen LogP contribution >= 0.6 is 0 Å². The van der Waals surface area contributed by atoms with E-state index in [4.69, 9.17) is 5.73 Å². The Bertz CT molecular complexity index is 476. The van der Waals surface area contributed by atoms with Gasteiger partial charge in [0.1, 0.15) is 0 Å². The summed E-state index contributed by atoms with van der Waals surface area (Å²) in [6.07, 6.45) is 3.10. The Balaban J connectivity index is 2.15. The Morgan fingerprint density at radius 3 is 2.75 bits per heavy atom. The van der Waals surface area contributed by atoms with Crippen LogP contribution in [0.4, 0.5) is 0 Å². The van der Waals surface area contributed by atoms with Gasteiger partial charge in [-0.3, -0.25) is 4.79 Å². The number of fused-ring (bicyclic) bond motifs is 1. The fraction of sp³-hybridized carbons (Fsp3) is 0.588. The molecule has 1 aliphatic carbocycles. The quantitative estimate of drug-likeness (QED) is 0.890. The van der Waals surface area contributed by atoms with E-state index in [0.29, 0.717) is 6.54 Å². The number of carbonyl (C=O) groups excluding carboxylic acids is 1. The zero-order chi connectivity index (χ0) is 14.8. The summed E-state index contributed by atoms with van der Waals surface area (Å²) < 4.78 is 0. The Morgan fingerprint density at radius 2 is 2.10 bits per heavy atom. The summed E-state index contributed by atoms with van der Waals surface area (Å²) in [6.45, 7) is 6.81. The molecule has 1 aromatic rings. The van der Waals surface area contributed by atoms with Gasteiger partial charge in [-0.2, -0.15) is 0 Å². The summed E-state index contributed by atoms with van der Waals surface area (Å²) in [6, 6.07) is 8.32. The van der Waals surface area contributed by atoms with Crippen molar-refractivity contribution >= 4 is 5.91 Å². The average Bonchev–Trinajstić information content (AvgIpc) is 2.42. The lowest BCUT2D eigenvalue weighted by molar-refractivity contribution is -0.124. The van der Waals surface area contributed by atoms with Crippen LogP contribution in [0.5, 0.6) is 0 Å². The number of benzene rings is 1. The highest BCUT2D eigenvalue weighted by Gasteiger charge is 2.30. The van der Waals surface area contributed by atoms with E-state index in [9.17, 15) is 4.79 Å². The lowest BCUT2D eigenvalue weighted by Gasteiger charge is -2.33. The summed E-state index contributed by atoms with van der Waals surface area (Å²) in [4.78, 5) is 12.6. The standard InChI is InChI=1S/C17H26N2O/c1-17(2,3)15(11-18)19-16(20)14-10-6-8-12-7-4-5-9-13(12)14/h4-5,7,9,14-15H,6,8,10-11,18H2,1-3H3,(H,19,20). The molecule has 3 nitrogen and oxygen atoms in total. The minimum Gasteiger partial charge on any atom is -0.351 e. The first-order valence-electron chi connectivity index (χ1n) is 7.51. The molecule has 3 N–H and O–H groups in total. The lowest BCUT2D eigenvalue weighted by atomic mass is 9.81. The zero-order valence-electron chi connectivity index (χ0n) is 12.8. The van der Waals surface area contributed by atoms with Gasteiger partial charge >= 0.3 is 0 Å². The van der Waals surface area contributed by atoms with Gasteiger partial charge in [-0.05, 0) is 35.8 Å². The minimum atomic E-state index is -0.0173. The Labute approximate surface area is 121 Å². The first-order chi connectivity index (χ1) is 9.43. The van der Waals surface area contributed by atoms with Crippen molar-refractivity contribution in [2.75, 3.05) is 6.54 Å². The molecule has 0 fully saturated rings. The number of amides is 1. The smallest absolute Gasteiger partial charge is 0.227 e. The Morgan fingerprint density at radius 1 is 1.40 bits per heavy atom. The van der Waals surface area contributed by atoms with E-state index >= 15 is 0 Å². The second kappa shape index (κ2) is 5.96. The first kappa shape index (κ1) is 15.0. The third-order valence-corrected chi connectivity index (χ3v) is 4.28. The molecule has 110 valence electrons. The van der Waals surface area contributed by atoms with Crippen molar-refractivity contribution in [1.82, 2.24) is 5.32 Å². The van der Waals surface area contributed by atoms with E-state index in [1.165, 1.54) is 11.1 Å². The molecule has 0 bridgehead atoms. The summed E-state index contributed by atoms with van der Waals surface area (Å²) in [5, 5.41) is 3.15. The van der Waals surface area contributed by atoms with Crippen molar-refractivity contribution in [3.63, 3.8) is 0 Å². The summed E-state index contributed by atoms with van der Waals surface area (Å²) >= 11 is 0. The monoisotopic (exact) mass is 274 g/mol. The van der Waals surface area contributed by atoms with Gasteiger partial charge < -0.3 is 11.1 Å². The lowest BCUT2D eigenvalue weighted by Crippen LogP contribution is -2.50. The van der Waals surface area contributed by atoms with E-state index in [1.54, 1.807) is 0 Å². The van der Waals surface area contributed by atoms with E-state index < -0.39 is 0 Å². The first-order valence-corrected chi connectivity index (χ1v) is 7.51. The van der Waals surface area contributed by atoms with Gasteiger partial charge in [0.05, 0.1) is 5.92 Å². The van der Waals surface area contributed by atoms with Gasteiger partial charge in [0.2, 0.25) is 5.91 Å². The normalized spacial score (nSPS) is 20.1. The Kier molecular flexibility index (Phi) is 4.48. The maximum atomic E-state index is 12.6. The molecule has 2 rings (SSSR count). The summed E-state index contributed by atoms with van der Waals surface area (Å²) in [5.41, 5.74) is 8.32. The molecule has 0 heterocycles. The average molecular weight is 274 g/mol. The van der Waals surface area contributed by atoms with Crippen molar-refractivity contribution in [1.29, 1.82) is 0 Å². The van der Waals surface area contributed by atoms with Gasteiger partial charge in [-0.1, -0.05) is 45.0 Å². The molecule has 1 amide bonds. The molecule has 20 heavy (non-hydrogen) atoms. The highest BCUT2D eigenvalue weighted by Crippen LogP contribution is 2.32. The van der Waals surface area contributed by atoms with Gasteiger partial charge in [0.25, 0.3) is 0 Å². The van der Waals surface area contributed by atoms with Gasteiger partial charge in [-0.15, -0.1) is 0 Å². The van der Waals surface area contributed by atoms with E-state index in [2.05, 4.69) is 44.3 Å². The second-order valence-corrected chi connectivity index (χ2v) is 6.81. The Hall–Kier alpha value is -1.35. The molecular formula is C17H26N2O. The van der Waals surface area contributed by atoms with Crippen molar-refractivity contribution in [3.05, 3.63) is 35.4 Å². The van der Waals surface area contributed by atoms with Crippen LogP contribution in [0.15, 0.2) is 24.3 Å². The van der Waals surface area contributed by atoms with Crippen LogP contribution in [0.1, 0.15) is 50.7 Å². The molecule has 1 aromatic carbocycles. The number of carbonyl (C=O) groups is 1. The predicted octanol–water partition coefficient (Wildman–Crippen LogP) is 2.60. The van der Waals surface area contributed by atoms with Crippen LogP contribution in [0, 0.1) is 5.41 Å². The highest BCUT2D eigenvalue weighted by atomic mass is 16.2. The van der Waals surface area contributed by atoms with Crippen molar-refractivity contribution in [2.45, 2.75) is 52.0 Å². The number of aryl methyl sites for hydroxylation is 1. The maximum Gasteiger partial charge on any atom is 0.227 e. The van der Waals surface area contributed by atoms with E-state index in [0.717, 1.165) is 19.3 Å². The number of hydrogen-bond acceptors (Lipinski definition) is 2. The number of rotatable bonds is 3. The molecule has 0 aliphatic heterocycles. The predicted molar refractivity (Wildman–Crippen MR) is 82.6 cm³/mol. The number of nitrogens with two attached hydrogens (primary N) is 1. The molecule has 0 spiro atoms. The molecular weight excluding hydrogens is 248 g/mol. The topological polar surface area (TPSA) is 55.1 Å². The molecule has 3 heteroatoms. The zero-order valence-corrected chi connectivity index (χ0v) is 12.8. The van der Waals surface area contributed by atoms with Crippen molar-refractivity contribution in [2.24, 2.45) is 11.1 Å². The molecule has 1 aliphatic rings. The number of nitrogens with one attached hydrogen (secondary N) is 1. The molecule has 0 radical (unpaired) electrons. The summed E-state index contributed by atoms with van der Waals surface area (Å²) in [5.74, 6) is 0.110. The fourth-order valence-electron chi connectivity index (χ4n) is 2.93. The minimum absolute atomic E-state index is 0.0153. The molecule has 0 saturated carbocycles. The second-order valence-electron chi connectivity index (χ2n) is 6.81. The number of hydrogen-bond donors (Lipinski definition) is 2. The third kappa shape index (κ3) is 3.21. The van der Waals surface area contributed by atoms with Crippen LogP contribution in [-0.2, 0) is 11.2 Å². The van der Waals surface area contributed by atoms with Crippen LogP contribution in [-0.4, -0.2) is 18.5 Å². The third-order valence-electron chi connectivity index (χ3n) is 4.28. The van der Waals surface area contributed by atoms with Gasteiger partial charge in [0.15, 0.2) is 0 Å². The van der Waals surface area contributed by atoms with Gasteiger partial charge in [0, 0.05) is 12.6 Å². The SMILES string of the molecule is CC(C)(C)C(CN)NC(=O)C1CCCc2ccccc21. The van der Waals surface area contributed by atoms with Crippen LogP contribution in [0.2, 0.25) is 0 Å². The van der Waals surface area contributed by atoms with E-state index in [1.807, 2.05) is 6.07 Å². The molecule has 0 aromatic heterocycles. The van der Waals surface area contributed by atoms with Crippen LogP contribution in [0.3, 0.4) is 0 Å².